The van der Waals surface area contributed by atoms with Crippen LogP contribution in [-0.4, -0.2) is 30.1 Å². The first-order valence-electron chi connectivity index (χ1n) is 5.52. The molecule has 0 amide bonds. The molecule has 0 spiro atoms. The fourth-order valence-electron chi connectivity index (χ4n) is 1.97. The van der Waals surface area contributed by atoms with Gasteiger partial charge in [0, 0.05) is 18.6 Å². The predicted octanol–water partition coefficient (Wildman–Crippen LogP) is 1.70. The van der Waals surface area contributed by atoms with E-state index in [2.05, 4.69) is 32.6 Å². The minimum absolute atomic E-state index is 0.322. The Bertz CT molecular complexity index is 156. The maximum Gasteiger partial charge on any atom is 0.00931 e. The van der Waals surface area contributed by atoms with Crippen molar-refractivity contribution in [3.05, 3.63) is 0 Å². The van der Waals surface area contributed by atoms with E-state index < -0.39 is 0 Å². The molecule has 2 heteroatoms. The number of likely N-dealkylation sites (tertiary alicyclic amines) is 1. The fraction of sp³-hybridized carbons (Fsp3) is 1.00. The van der Waals surface area contributed by atoms with Crippen molar-refractivity contribution in [2.45, 2.75) is 46.2 Å². The molecule has 0 saturated carbocycles. The third-order valence-electron chi connectivity index (χ3n) is 3.69. The van der Waals surface area contributed by atoms with E-state index in [-0.39, 0.29) is 0 Å². The van der Waals surface area contributed by atoms with Gasteiger partial charge in [-0.05, 0) is 38.6 Å². The molecule has 0 aliphatic carbocycles. The number of nitrogens with two attached hydrogens (primary N) is 1. The normalized spacial score (nSPS) is 34.8. The summed E-state index contributed by atoms with van der Waals surface area (Å²) in [6.07, 6.45) is 1.35. The molecule has 1 aliphatic rings. The topological polar surface area (TPSA) is 29.3 Å². The molecule has 1 rings (SSSR count). The Balaban J connectivity index is 2.37. The van der Waals surface area contributed by atoms with E-state index in [1.54, 1.807) is 0 Å². The minimum atomic E-state index is 0.322. The van der Waals surface area contributed by atoms with Crippen molar-refractivity contribution in [3.8, 4) is 0 Å². The molecule has 1 aliphatic heterocycles. The highest BCUT2D eigenvalue weighted by Gasteiger charge is 2.28. The van der Waals surface area contributed by atoms with Crippen LogP contribution in [0.15, 0.2) is 0 Å². The smallest absolute Gasteiger partial charge is 0.00931 e. The van der Waals surface area contributed by atoms with Gasteiger partial charge in [-0.3, -0.25) is 0 Å². The van der Waals surface area contributed by atoms with Crippen molar-refractivity contribution >= 4 is 0 Å². The molecule has 0 aromatic heterocycles. The lowest BCUT2D eigenvalue weighted by molar-refractivity contribution is 0.205. The zero-order valence-electron chi connectivity index (χ0n) is 9.46. The average Bonchev–Trinajstić information content (AvgIpc) is 2.36. The van der Waals surface area contributed by atoms with Crippen LogP contribution < -0.4 is 5.73 Å². The van der Waals surface area contributed by atoms with E-state index in [9.17, 15) is 0 Å². The van der Waals surface area contributed by atoms with Crippen LogP contribution >= 0.6 is 0 Å². The zero-order chi connectivity index (χ0) is 10.0. The van der Waals surface area contributed by atoms with Crippen molar-refractivity contribution in [3.63, 3.8) is 0 Å². The molecule has 2 N–H and O–H groups in total. The van der Waals surface area contributed by atoms with Gasteiger partial charge in [-0.1, -0.05) is 13.8 Å². The maximum absolute atomic E-state index is 5.87. The lowest BCUT2D eigenvalue weighted by atomic mass is 10.0. The van der Waals surface area contributed by atoms with Crippen LogP contribution in [0.1, 0.15) is 34.1 Å². The summed E-state index contributed by atoms with van der Waals surface area (Å²) in [4.78, 5) is 2.58. The van der Waals surface area contributed by atoms with Crippen LogP contribution in [0.5, 0.6) is 0 Å². The van der Waals surface area contributed by atoms with Gasteiger partial charge in [0.2, 0.25) is 0 Å². The molecule has 13 heavy (non-hydrogen) atoms. The van der Waals surface area contributed by atoms with Gasteiger partial charge in [0.05, 0.1) is 0 Å². The summed E-state index contributed by atoms with van der Waals surface area (Å²) in [5, 5.41) is 0. The van der Waals surface area contributed by atoms with E-state index >= 15 is 0 Å². The first-order chi connectivity index (χ1) is 6.02. The quantitative estimate of drug-likeness (QED) is 0.723. The highest BCUT2D eigenvalue weighted by Crippen LogP contribution is 2.24. The average molecular weight is 184 g/mol. The van der Waals surface area contributed by atoms with Gasteiger partial charge in [0.15, 0.2) is 0 Å². The van der Waals surface area contributed by atoms with Crippen LogP contribution in [-0.2, 0) is 0 Å². The van der Waals surface area contributed by atoms with Crippen LogP contribution in [0.25, 0.3) is 0 Å². The van der Waals surface area contributed by atoms with E-state index in [1.807, 2.05) is 0 Å². The van der Waals surface area contributed by atoms with E-state index in [1.165, 1.54) is 19.5 Å². The number of nitrogens with zero attached hydrogens (tertiary/aromatic N) is 1. The summed E-state index contributed by atoms with van der Waals surface area (Å²) in [7, 11) is 0. The SMILES string of the molecule is CC(N)C(C)CN1CCC(C)C1C. The van der Waals surface area contributed by atoms with Crippen LogP contribution in [0.3, 0.4) is 0 Å². The van der Waals surface area contributed by atoms with E-state index in [0.717, 1.165) is 12.0 Å². The molecular weight excluding hydrogens is 160 g/mol. The van der Waals surface area contributed by atoms with Gasteiger partial charge in [-0.25, -0.2) is 0 Å². The van der Waals surface area contributed by atoms with Crippen molar-refractivity contribution in [1.82, 2.24) is 4.90 Å². The molecule has 0 radical (unpaired) electrons. The summed E-state index contributed by atoms with van der Waals surface area (Å²) in [6.45, 7) is 11.5. The summed E-state index contributed by atoms with van der Waals surface area (Å²) in [6, 6.07) is 1.07. The second-order valence-electron chi connectivity index (χ2n) is 4.84. The third kappa shape index (κ3) is 2.68. The molecule has 0 aromatic rings. The summed E-state index contributed by atoms with van der Waals surface area (Å²) < 4.78 is 0. The van der Waals surface area contributed by atoms with Crippen molar-refractivity contribution in [2.75, 3.05) is 13.1 Å². The fourth-order valence-corrected chi connectivity index (χ4v) is 1.97. The summed E-state index contributed by atoms with van der Waals surface area (Å²) in [5.74, 6) is 1.48. The second-order valence-corrected chi connectivity index (χ2v) is 4.84. The van der Waals surface area contributed by atoms with Crippen LogP contribution in [0, 0.1) is 11.8 Å². The Kier molecular flexibility index (Phi) is 3.74. The minimum Gasteiger partial charge on any atom is -0.328 e. The Morgan fingerprint density at radius 3 is 2.38 bits per heavy atom. The van der Waals surface area contributed by atoms with Crippen LogP contribution in [0.2, 0.25) is 0 Å². The van der Waals surface area contributed by atoms with Crippen molar-refractivity contribution in [1.29, 1.82) is 0 Å². The molecule has 0 bridgehead atoms. The highest BCUT2D eigenvalue weighted by molar-refractivity contribution is 4.83. The number of rotatable bonds is 3. The monoisotopic (exact) mass is 184 g/mol. The molecule has 1 heterocycles. The molecule has 4 atom stereocenters. The number of hydrogen-bond acceptors (Lipinski definition) is 2. The Morgan fingerprint density at radius 2 is 2.00 bits per heavy atom. The van der Waals surface area contributed by atoms with E-state index in [4.69, 9.17) is 5.73 Å². The largest absolute Gasteiger partial charge is 0.328 e. The van der Waals surface area contributed by atoms with Crippen molar-refractivity contribution < 1.29 is 0 Å². The van der Waals surface area contributed by atoms with Gasteiger partial charge >= 0.3 is 0 Å². The second kappa shape index (κ2) is 4.43. The molecule has 1 saturated heterocycles. The Labute approximate surface area is 82.5 Å². The molecule has 0 aromatic carbocycles. The first kappa shape index (κ1) is 11.0. The standard InChI is InChI=1S/C11H24N2/c1-8-5-6-13(11(8)4)7-9(2)10(3)12/h8-11H,5-7,12H2,1-4H3. The van der Waals surface area contributed by atoms with Crippen molar-refractivity contribution in [2.24, 2.45) is 17.6 Å². The lowest BCUT2D eigenvalue weighted by Crippen LogP contribution is -2.38. The third-order valence-corrected chi connectivity index (χ3v) is 3.69. The van der Waals surface area contributed by atoms with Gasteiger partial charge < -0.3 is 10.6 Å². The molecule has 78 valence electrons. The summed E-state index contributed by atoms with van der Waals surface area (Å²) >= 11 is 0. The van der Waals surface area contributed by atoms with Gasteiger partial charge in [-0.2, -0.15) is 0 Å². The Hall–Kier alpha value is -0.0800. The van der Waals surface area contributed by atoms with Crippen LogP contribution in [0.4, 0.5) is 0 Å². The molecular formula is C11H24N2. The molecule has 1 fully saturated rings. The Morgan fingerprint density at radius 1 is 1.38 bits per heavy atom. The maximum atomic E-state index is 5.87. The summed E-state index contributed by atoms with van der Waals surface area (Å²) in [5.41, 5.74) is 5.87. The number of hydrogen-bond donors (Lipinski definition) is 1. The zero-order valence-corrected chi connectivity index (χ0v) is 9.46. The lowest BCUT2D eigenvalue weighted by Gasteiger charge is -2.27. The van der Waals surface area contributed by atoms with E-state index in [0.29, 0.717) is 12.0 Å². The molecule has 4 unspecified atom stereocenters. The van der Waals surface area contributed by atoms with Gasteiger partial charge in [-0.15, -0.1) is 0 Å². The predicted molar refractivity (Wildman–Crippen MR) is 57.6 cm³/mol. The highest BCUT2D eigenvalue weighted by atomic mass is 15.2. The first-order valence-corrected chi connectivity index (χ1v) is 5.52. The van der Waals surface area contributed by atoms with Gasteiger partial charge in [0.25, 0.3) is 0 Å². The van der Waals surface area contributed by atoms with Gasteiger partial charge in [0.1, 0.15) is 0 Å². The molecule has 2 nitrogen and oxygen atoms in total.